The topological polar surface area (TPSA) is 85.8 Å². The first kappa shape index (κ1) is 13.8. The van der Waals surface area contributed by atoms with Crippen LogP contribution in [0.25, 0.3) is 0 Å². The van der Waals surface area contributed by atoms with Crippen molar-refractivity contribution >= 4 is 11.6 Å². The molecule has 1 unspecified atom stereocenters. The van der Waals surface area contributed by atoms with Crippen molar-refractivity contribution in [1.29, 1.82) is 0 Å². The number of benzene rings is 1. The molecule has 1 aromatic carbocycles. The van der Waals surface area contributed by atoms with Crippen LogP contribution < -0.4 is 11.1 Å². The fraction of sp³-hybridized carbons (Fsp3) is 0.214. The molecule has 3 N–H and O–H groups in total. The molecule has 2 rings (SSSR count). The van der Waals surface area contributed by atoms with Crippen LogP contribution in [0.5, 0.6) is 0 Å². The second kappa shape index (κ2) is 6.50. The van der Waals surface area contributed by atoms with E-state index in [2.05, 4.69) is 27.2 Å². The molecule has 1 heterocycles. The van der Waals surface area contributed by atoms with E-state index in [1.165, 1.54) is 17.3 Å². The Morgan fingerprint density at radius 3 is 3.00 bits per heavy atom. The van der Waals surface area contributed by atoms with Gasteiger partial charge in [-0.3, -0.25) is 4.79 Å². The van der Waals surface area contributed by atoms with Crippen LogP contribution in [0.2, 0.25) is 0 Å². The number of amides is 1. The number of carbonyl (C=O) groups is 1. The standard InChI is InChI=1S/C14H15N5O/c1-11(19-10-16-9-17-19)14(20)18-13-7-3-2-5-12(13)6-4-8-15/h2-3,5,7,9-11H,8,15H2,1H3,(H,18,20). The van der Waals surface area contributed by atoms with Crippen molar-refractivity contribution in [2.45, 2.75) is 13.0 Å². The molecule has 2 aromatic rings. The Balaban J connectivity index is 2.16. The Labute approximate surface area is 117 Å². The highest BCUT2D eigenvalue weighted by Crippen LogP contribution is 2.15. The summed E-state index contributed by atoms with van der Waals surface area (Å²) in [7, 11) is 0. The van der Waals surface area contributed by atoms with Crippen molar-refractivity contribution in [2.75, 3.05) is 11.9 Å². The van der Waals surface area contributed by atoms with Crippen LogP contribution in [0.4, 0.5) is 5.69 Å². The predicted octanol–water partition coefficient (Wildman–Crippen LogP) is 0.788. The van der Waals surface area contributed by atoms with Gasteiger partial charge in [0.1, 0.15) is 18.7 Å². The molecule has 6 heteroatoms. The van der Waals surface area contributed by atoms with E-state index < -0.39 is 6.04 Å². The zero-order valence-corrected chi connectivity index (χ0v) is 11.1. The van der Waals surface area contributed by atoms with Crippen LogP contribution in [-0.4, -0.2) is 27.2 Å². The summed E-state index contributed by atoms with van der Waals surface area (Å²) in [4.78, 5) is 16.0. The second-order valence-electron chi connectivity index (χ2n) is 4.09. The third-order valence-corrected chi connectivity index (χ3v) is 2.72. The largest absolute Gasteiger partial charge is 0.323 e. The number of hydrogen-bond donors (Lipinski definition) is 2. The first-order valence-corrected chi connectivity index (χ1v) is 6.15. The fourth-order valence-electron chi connectivity index (χ4n) is 1.62. The molecule has 1 aromatic heterocycles. The zero-order valence-electron chi connectivity index (χ0n) is 11.1. The van der Waals surface area contributed by atoms with E-state index in [1.54, 1.807) is 13.0 Å². The van der Waals surface area contributed by atoms with Crippen LogP contribution in [0.1, 0.15) is 18.5 Å². The summed E-state index contributed by atoms with van der Waals surface area (Å²) in [6, 6.07) is 6.87. The number of nitrogens with one attached hydrogen (secondary N) is 1. The maximum absolute atomic E-state index is 12.2. The summed E-state index contributed by atoms with van der Waals surface area (Å²) in [6.07, 6.45) is 2.90. The number of hydrogen-bond acceptors (Lipinski definition) is 4. The Morgan fingerprint density at radius 2 is 2.30 bits per heavy atom. The normalized spacial score (nSPS) is 11.3. The van der Waals surface area contributed by atoms with Crippen molar-refractivity contribution in [1.82, 2.24) is 14.8 Å². The van der Waals surface area contributed by atoms with E-state index in [-0.39, 0.29) is 12.5 Å². The van der Waals surface area contributed by atoms with Gasteiger partial charge in [-0.05, 0) is 19.1 Å². The number of carbonyl (C=O) groups excluding carboxylic acids is 1. The maximum Gasteiger partial charge on any atom is 0.249 e. The predicted molar refractivity (Wildman–Crippen MR) is 75.7 cm³/mol. The van der Waals surface area contributed by atoms with Crippen LogP contribution in [-0.2, 0) is 4.79 Å². The highest BCUT2D eigenvalue weighted by atomic mass is 16.2. The quantitative estimate of drug-likeness (QED) is 0.807. The van der Waals surface area contributed by atoms with Crippen molar-refractivity contribution in [3.05, 3.63) is 42.5 Å². The van der Waals surface area contributed by atoms with Crippen molar-refractivity contribution in [3.63, 3.8) is 0 Å². The minimum atomic E-state index is -0.451. The summed E-state index contributed by atoms with van der Waals surface area (Å²) in [5, 5.41) is 6.79. The van der Waals surface area contributed by atoms with E-state index in [0.717, 1.165) is 5.56 Å². The molecule has 0 aliphatic carbocycles. The molecule has 0 spiro atoms. The Hall–Kier alpha value is -2.65. The van der Waals surface area contributed by atoms with Crippen molar-refractivity contribution in [3.8, 4) is 11.8 Å². The summed E-state index contributed by atoms with van der Waals surface area (Å²) < 4.78 is 1.49. The molecule has 102 valence electrons. The molecular formula is C14H15N5O. The van der Waals surface area contributed by atoms with Crippen LogP contribution in [0, 0.1) is 11.8 Å². The second-order valence-corrected chi connectivity index (χ2v) is 4.09. The summed E-state index contributed by atoms with van der Waals surface area (Å²) in [5.41, 5.74) is 6.75. The average Bonchev–Trinajstić information content (AvgIpc) is 2.99. The lowest BCUT2D eigenvalue weighted by atomic mass is 10.1. The van der Waals surface area contributed by atoms with E-state index in [1.807, 2.05) is 18.2 Å². The molecule has 0 bridgehead atoms. The molecule has 20 heavy (non-hydrogen) atoms. The van der Waals surface area contributed by atoms with Crippen LogP contribution >= 0.6 is 0 Å². The third-order valence-electron chi connectivity index (χ3n) is 2.72. The minimum Gasteiger partial charge on any atom is -0.323 e. The molecule has 0 saturated heterocycles. The molecule has 0 radical (unpaired) electrons. The Bertz CT molecular complexity index is 639. The van der Waals surface area contributed by atoms with E-state index in [4.69, 9.17) is 5.73 Å². The van der Waals surface area contributed by atoms with E-state index in [0.29, 0.717) is 5.69 Å². The highest BCUT2D eigenvalue weighted by Gasteiger charge is 2.16. The molecule has 6 nitrogen and oxygen atoms in total. The molecule has 0 aliphatic rings. The minimum absolute atomic E-state index is 0.183. The van der Waals surface area contributed by atoms with Gasteiger partial charge in [0.05, 0.1) is 12.2 Å². The van der Waals surface area contributed by atoms with E-state index >= 15 is 0 Å². The number of rotatable bonds is 3. The molecule has 1 atom stereocenters. The fourth-order valence-corrected chi connectivity index (χ4v) is 1.62. The lowest BCUT2D eigenvalue weighted by Gasteiger charge is -2.13. The molecule has 0 fully saturated rings. The van der Waals surface area contributed by atoms with Gasteiger partial charge in [0.25, 0.3) is 0 Å². The van der Waals surface area contributed by atoms with Gasteiger partial charge >= 0.3 is 0 Å². The third kappa shape index (κ3) is 3.22. The number of nitrogens with zero attached hydrogens (tertiary/aromatic N) is 3. The van der Waals surface area contributed by atoms with Crippen molar-refractivity contribution in [2.24, 2.45) is 5.73 Å². The summed E-state index contributed by atoms with van der Waals surface area (Å²) in [6.45, 7) is 2.02. The SMILES string of the molecule is CC(C(=O)Nc1ccccc1C#CCN)n1cncn1. The highest BCUT2D eigenvalue weighted by molar-refractivity contribution is 5.94. The Kier molecular flexibility index (Phi) is 4.47. The van der Waals surface area contributed by atoms with Gasteiger partial charge in [0, 0.05) is 5.56 Å². The van der Waals surface area contributed by atoms with Gasteiger partial charge < -0.3 is 11.1 Å². The van der Waals surface area contributed by atoms with Crippen LogP contribution in [0.15, 0.2) is 36.9 Å². The summed E-state index contributed by atoms with van der Waals surface area (Å²) in [5.74, 6) is 5.52. The molecule has 1 amide bonds. The monoisotopic (exact) mass is 269 g/mol. The van der Waals surface area contributed by atoms with E-state index in [9.17, 15) is 4.79 Å². The first-order valence-electron chi connectivity index (χ1n) is 6.15. The maximum atomic E-state index is 12.2. The first-order chi connectivity index (χ1) is 9.72. The average molecular weight is 269 g/mol. The van der Waals surface area contributed by atoms with Gasteiger partial charge in [0.2, 0.25) is 5.91 Å². The van der Waals surface area contributed by atoms with Gasteiger partial charge in [-0.15, -0.1) is 0 Å². The lowest BCUT2D eigenvalue weighted by molar-refractivity contribution is -0.119. The molecule has 0 saturated carbocycles. The number of aromatic nitrogens is 3. The molecular weight excluding hydrogens is 254 g/mol. The molecule has 0 aliphatic heterocycles. The van der Waals surface area contributed by atoms with Gasteiger partial charge in [-0.2, -0.15) is 5.10 Å². The Morgan fingerprint density at radius 1 is 1.50 bits per heavy atom. The number of anilines is 1. The zero-order chi connectivity index (χ0) is 14.4. The lowest BCUT2D eigenvalue weighted by Crippen LogP contribution is -2.24. The number of nitrogens with two attached hydrogens (primary N) is 1. The smallest absolute Gasteiger partial charge is 0.249 e. The van der Waals surface area contributed by atoms with Crippen LogP contribution in [0.3, 0.4) is 0 Å². The number of para-hydroxylation sites is 1. The van der Waals surface area contributed by atoms with Gasteiger partial charge in [-0.1, -0.05) is 24.0 Å². The van der Waals surface area contributed by atoms with Crippen molar-refractivity contribution < 1.29 is 4.79 Å². The van der Waals surface area contributed by atoms with Gasteiger partial charge in [0.15, 0.2) is 0 Å². The summed E-state index contributed by atoms with van der Waals surface area (Å²) >= 11 is 0. The van der Waals surface area contributed by atoms with Gasteiger partial charge in [-0.25, -0.2) is 9.67 Å².